The standard InChI is InChI=1S/C35H51ClO8/c1-39-24-26-21-25(15-18-31(26)43-34-13-7-9-19-41-34)22-27(37)16-17-29-28(11-5-3-4-6-12-33(38)40-2)30(36)23-32(29)44-35-14-8-10-20-42-35/h3,5,15-18,21,27-30,32,34-35,37H,4,6-14,19-20,22-24H2,1-2H3/b5-3-,17-16+/t27?,28-,29-,30-,32-,34?,35?/m1/s1. The number of aliphatic hydroxyl groups is 1. The van der Waals surface area contributed by atoms with Gasteiger partial charge in [-0.1, -0.05) is 30.4 Å². The van der Waals surface area contributed by atoms with Crippen LogP contribution in [0.1, 0.15) is 81.8 Å². The molecule has 1 N–H and O–H groups in total. The Hall–Kier alpha value is -1.94. The Morgan fingerprint density at radius 1 is 1.09 bits per heavy atom. The first kappa shape index (κ1) is 34.9. The first-order chi connectivity index (χ1) is 21.5. The lowest BCUT2D eigenvalue weighted by Gasteiger charge is -2.29. The highest BCUT2D eigenvalue weighted by Crippen LogP contribution is 2.42. The van der Waals surface area contributed by atoms with E-state index in [9.17, 15) is 9.90 Å². The predicted molar refractivity (Wildman–Crippen MR) is 170 cm³/mol. The molecule has 44 heavy (non-hydrogen) atoms. The molecule has 7 atom stereocenters. The number of carbonyl (C=O) groups excluding carboxylic acids is 1. The van der Waals surface area contributed by atoms with Crippen LogP contribution in [0.5, 0.6) is 5.75 Å². The third-order valence-electron chi connectivity index (χ3n) is 8.69. The van der Waals surface area contributed by atoms with Gasteiger partial charge in [-0.15, -0.1) is 11.6 Å². The Balaban J connectivity index is 1.39. The second-order valence-corrected chi connectivity index (χ2v) is 12.6. The van der Waals surface area contributed by atoms with Crippen molar-refractivity contribution in [3.8, 4) is 5.75 Å². The molecular weight excluding hydrogens is 584 g/mol. The number of hydrogen-bond acceptors (Lipinski definition) is 8. The number of carbonyl (C=O) groups is 1. The van der Waals surface area contributed by atoms with Crippen molar-refractivity contribution >= 4 is 17.6 Å². The molecular formula is C35H51ClO8. The van der Waals surface area contributed by atoms with Crippen LogP contribution in [-0.4, -0.2) is 68.7 Å². The lowest BCUT2D eigenvalue weighted by Crippen LogP contribution is -2.30. The van der Waals surface area contributed by atoms with E-state index in [1.165, 1.54) is 7.11 Å². The zero-order valence-corrected chi connectivity index (χ0v) is 27.1. The Labute approximate surface area is 268 Å². The second kappa shape index (κ2) is 18.9. The topological polar surface area (TPSA) is 92.7 Å². The highest BCUT2D eigenvalue weighted by molar-refractivity contribution is 6.21. The number of hydrogen-bond donors (Lipinski definition) is 1. The summed E-state index contributed by atoms with van der Waals surface area (Å²) in [5, 5.41) is 11.0. The van der Waals surface area contributed by atoms with E-state index in [0.29, 0.717) is 19.4 Å². The number of unbranched alkanes of at least 4 members (excludes halogenated alkanes) is 1. The van der Waals surface area contributed by atoms with Gasteiger partial charge >= 0.3 is 5.97 Å². The van der Waals surface area contributed by atoms with Gasteiger partial charge in [0.15, 0.2) is 12.6 Å². The van der Waals surface area contributed by atoms with Crippen LogP contribution >= 0.6 is 11.6 Å². The SMILES string of the molecule is COCc1cc(CC(O)/C=C/[C@@H]2[C@@H](C/C=C\CCCC(=O)OC)[C@H](Cl)C[C@H]2OC2CCCCO2)ccc1OC1CCCCO1. The number of halogens is 1. The molecule has 1 aromatic carbocycles. The summed E-state index contributed by atoms with van der Waals surface area (Å²) >= 11 is 6.92. The first-order valence-electron chi connectivity index (χ1n) is 16.3. The number of methoxy groups -OCH3 is 2. The Morgan fingerprint density at radius 3 is 2.57 bits per heavy atom. The third kappa shape index (κ3) is 11.1. The molecule has 3 unspecified atom stereocenters. The van der Waals surface area contributed by atoms with Crippen molar-refractivity contribution in [3.05, 3.63) is 53.6 Å². The van der Waals surface area contributed by atoms with E-state index in [0.717, 1.165) is 94.3 Å². The van der Waals surface area contributed by atoms with Gasteiger partial charge in [-0.05, 0) is 81.4 Å². The molecule has 0 radical (unpaired) electrons. The van der Waals surface area contributed by atoms with Gasteiger partial charge < -0.3 is 33.5 Å². The van der Waals surface area contributed by atoms with E-state index in [2.05, 4.69) is 18.2 Å². The summed E-state index contributed by atoms with van der Waals surface area (Å²) in [6, 6.07) is 6.00. The number of allylic oxidation sites excluding steroid dienone is 2. The maximum atomic E-state index is 11.4. The summed E-state index contributed by atoms with van der Waals surface area (Å²) in [4.78, 5) is 11.4. The summed E-state index contributed by atoms with van der Waals surface area (Å²) in [6.07, 6.45) is 17.2. The van der Waals surface area contributed by atoms with Gasteiger partial charge in [-0.3, -0.25) is 4.79 Å². The average Bonchev–Trinajstić information content (AvgIpc) is 3.32. The van der Waals surface area contributed by atoms with Gasteiger partial charge in [0.25, 0.3) is 0 Å². The van der Waals surface area contributed by atoms with Crippen LogP contribution in [-0.2, 0) is 41.5 Å². The van der Waals surface area contributed by atoms with Crippen molar-refractivity contribution in [2.45, 2.75) is 114 Å². The third-order valence-corrected chi connectivity index (χ3v) is 9.19. The molecule has 2 heterocycles. The molecule has 3 aliphatic rings. The minimum atomic E-state index is -0.672. The Morgan fingerprint density at radius 2 is 1.86 bits per heavy atom. The van der Waals surface area contributed by atoms with E-state index >= 15 is 0 Å². The van der Waals surface area contributed by atoms with Crippen molar-refractivity contribution in [1.82, 2.24) is 0 Å². The summed E-state index contributed by atoms with van der Waals surface area (Å²) in [5.41, 5.74) is 1.94. The second-order valence-electron chi connectivity index (χ2n) is 12.1. The average molecular weight is 635 g/mol. The zero-order valence-electron chi connectivity index (χ0n) is 26.4. The highest BCUT2D eigenvalue weighted by Gasteiger charge is 2.42. The molecule has 0 bridgehead atoms. The van der Waals surface area contributed by atoms with E-state index < -0.39 is 6.10 Å². The first-order valence-corrected chi connectivity index (χ1v) is 16.8. The molecule has 246 valence electrons. The van der Waals surface area contributed by atoms with Gasteiger partial charge in [0.05, 0.1) is 32.5 Å². The van der Waals surface area contributed by atoms with Crippen molar-refractivity contribution < 1.29 is 38.3 Å². The number of ether oxygens (including phenoxy) is 6. The number of benzene rings is 1. The van der Waals surface area contributed by atoms with Crippen LogP contribution < -0.4 is 4.74 Å². The molecule has 0 spiro atoms. The molecule has 1 aliphatic carbocycles. The fourth-order valence-corrected chi connectivity index (χ4v) is 6.74. The summed E-state index contributed by atoms with van der Waals surface area (Å²) in [5.74, 6) is 0.791. The fourth-order valence-electron chi connectivity index (χ4n) is 6.29. The number of rotatable bonds is 16. The van der Waals surface area contributed by atoms with Crippen molar-refractivity contribution in [2.24, 2.45) is 11.8 Å². The van der Waals surface area contributed by atoms with Crippen LogP contribution in [0.2, 0.25) is 0 Å². The Kier molecular flexibility index (Phi) is 15.0. The molecule has 1 aromatic rings. The molecule has 0 aromatic heterocycles. The van der Waals surface area contributed by atoms with Gasteiger partial charge in [0.1, 0.15) is 5.75 Å². The summed E-state index contributed by atoms with van der Waals surface area (Å²) in [6.45, 7) is 1.86. The van der Waals surface area contributed by atoms with Gasteiger partial charge in [0, 0.05) is 49.8 Å². The van der Waals surface area contributed by atoms with Crippen LogP contribution in [0.4, 0.5) is 0 Å². The maximum Gasteiger partial charge on any atom is 0.305 e. The summed E-state index contributed by atoms with van der Waals surface area (Å²) < 4.78 is 34.4. The van der Waals surface area contributed by atoms with Crippen LogP contribution in [0.15, 0.2) is 42.5 Å². The van der Waals surface area contributed by atoms with E-state index in [-0.39, 0.29) is 41.9 Å². The molecule has 3 fully saturated rings. The smallest absolute Gasteiger partial charge is 0.305 e. The summed E-state index contributed by atoms with van der Waals surface area (Å²) in [7, 11) is 3.08. The number of aliphatic hydroxyl groups excluding tert-OH is 1. The van der Waals surface area contributed by atoms with Crippen LogP contribution in [0, 0.1) is 11.8 Å². The normalized spacial score (nSPS) is 28.5. The lowest BCUT2D eigenvalue weighted by atomic mass is 9.90. The molecule has 1 saturated carbocycles. The monoisotopic (exact) mass is 634 g/mol. The van der Waals surface area contributed by atoms with Gasteiger partial charge in [0.2, 0.25) is 0 Å². The van der Waals surface area contributed by atoms with Crippen LogP contribution in [0.25, 0.3) is 0 Å². The molecule has 0 amide bonds. The molecule has 4 rings (SSSR count). The van der Waals surface area contributed by atoms with Crippen LogP contribution in [0.3, 0.4) is 0 Å². The molecule has 9 heteroatoms. The lowest BCUT2D eigenvalue weighted by molar-refractivity contribution is -0.192. The van der Waals surface area contributed by atoms with Crippen molar-refractivity contribution in [1.29, 1.82) is 0 Å². The number of alkyl halides is 1. The van der Waals surface area contributed by atoms with Crippen molar-refractivity contribution in [2.75, 3.05) is 27.4 Å². The maximum absolute atomic E-state index is 11.4. The highest BCUT2D eigenvalue weighted by atomic mass is 35.5. The molecule has 2 aliphatic heterocycles. The molecule has 2 saturated heterocycles. The largest absolute Gasteiger partial charge is 0.469 e. The fraction of sp³-hybridized carbons (Fsp3) is 0.686. The van der Waals surface area contributed by atoms with E-state index in [1.54, 1.807) is 7.11 Å². The molecule has 8 nitrogen and oxygen atoms in total. The quantitative estimate of drug-likeness (QED) is 0.0936. The predicted octanol–water partition coefficient (Wildman–Crippen LogP) is 6.64. The van der Waals surface area contributed by atoms with Gasteiger partial charge in [-0.2, -0.15) is 0 Å². The minimum absolute atomic E-state index is 0.0487. The minimum Gasteiger partial charge on any atom is -0.469 e. The van der Waals surface area contributed by atoms with E-state index in [4.69, 9.17) is 40.0 Å². The van der Waals surface area contributed by atoms with Crippen molar-refractivity contribution in [3.63, 3.8) is 0 Å². The van der Waals surface area contributed by atoms with Gasteiger partial charge in [-0.25, -0.2) is 0 Å². The zero-order chi connectivity index (χ0) is 31.1. The number of esters is 1. The Bertz CT molecular complexity index is 1050. The van der Waals surface area contributed by atoms with E-state index in [1.807, 2.05) is 24.3 Å².